The Hall–Kier alpha value is -2.23. The summed E-state index contributed by atoms with van der Waals surface area (Å²) in [6.07, 6.45) is 8.91. The van der Waals surface area contributed by atoms with Crippen molar-refractivity contribution in [1.29, 1.82) is 0 Å². The van der Waals surface area contributed by atoms with E-state index in [9.17, 15) is 0 Å². The Labute approximate surface area is 117 Å². The van der Waals surface area contributed by atoms with Gasteiger partial charge in [0.2, 0.25) is 0 Å². The van der Waals surface area contributed by atoms with Crippen LogP contribution in [0.3, 0.4) is 0 Å². The van der Waals surface area contributed by atoms with Gasteiger partial charge >= 0.3 is 0 Å². The van der Waals surface area contributed by atoms with Gasteiger partial charge in [0.15, 0.2) is 0 Å². The summed E-state index contributed by atoms with van der Waals surface area (Å²) in [4.78, 5) is 0. The van der Waals surface area contributed by atoms with Gasteiger partial charge in [0, 0.05) is 5.92 Å². The second-order valence-electron chi connectivity index (χ2n) is 5.30. The van der Waals surface area contributed by atoms with Crippen LogP contribution >= 0.6 is 0 Å². The molecule has 20 heavy (non-hydrogen) atoms. The third kappa shape index (κ3) is 1.88. The molecule has 0 saturated heterocycles. The van der Waals surface area contributed by atoms with Gasteiger partial charge in [0.05, 0.1) is 18.2 Å². The summed E-state index contributed by atoms with van der Waals surface area (Å²) in [6.45, 7) is 0. The molecule has 4 nitrogen and oxygen atoms in total. The lowest BCUT2D eigenvalue weighted by Crippen LogP contribution is -2.25. The Morgan fingerprint density at radius 3 is 2.90 bits per heavy atom. The van der Waals surface area contributed by atoms with Crippen molar-refractivity contribution in [2.75, 3.05) is 0 Å². The number of nitrogens with one attached hydrogen (secondary N) is 1. The molecule has 0 unspecified atom stereocenters. The third-order valence-electron chi connectivity index (χ3n) is 4.08. The van der Waals surface area contributed by atoms with E-state index in [0.29, 0.717) is 5.92 Å². The molecule has 1 aliphatic heterocycles. The summed E-state index contributed by atoms with van der Waals surface area (Å²) < 4.78 is 10.9. The normalized spacial score (nSPS) is 27.2. The van der Waals surface area contributed by atoms with Crippen LogP contribution in [0.1, 0.15) is 36.8 Å². The number of hydrazone groups is 1. The van der Waals surface area contributed by atoms with E-state index >= 15 is 0 Å². The van der Waals surface area contributed by atoms with E-state index in [2.05, 4.69) is 16.6 Å². The smallest absolute Gasteiger partial charge is 0.128 e. The molecule has 0 aromatic carbocycles. The van der Waals surface area contributed by atoms with Crippen LogP contribution in [0.2, 0.25) is 0 Å². The van der Waals surface area contributed by atoms with Crippen LogP contribution in [0.15, 0.2) is 56.3 Å². The number of hydrogen-bond donors (Lipinski definition) is 1. The first-order chi connectivity index (χ1) is 9.92. The number of fused-ring (bicyclic) bond motifs is 1. The van der Waals surface area contributed by atoms with Crippen molar-refractivity contribution in [2.24, 2.45) is 11.0 Å². The molecule has 2 atom stereocenters. The topological polar surface area (TPSA) is 50.7 Å². The van der Waals surface area contributed by atoms with Crippen molar-refractivity contribution in [2.45, 2.75) is 25.3 Å². The predicted octanol–water partition coefficient (Wildman–Crippen LogP) is 3.76. The minimum absolute atomic E-state index is 0.167. The van der Waals surface area contributed by atoms with Gasteiger partial charge in [-0.05, 0) is 55.2 Å². The fraction of sp³-hybridized carbons (Fsp3) is 0.312. The zero-order chi connectivity index (χ0) is 13.4. The van der Waals surface area contributed by atoms with E-state index in [4.69, 9.17) is 8.83 Å². The maximum absolute atomic E-state index is 5.53. The number of rotatable bonds is 2. The van der Waals surface area contributed by atoms with Crippen molar-refractivity contribution in [3.8, 4) is 0 Å². The van der Waals surface area contributed by atoms with Crippen LogP contribution in [0.25, 0.3) is 6.08 Å². The minimum atomic E-state index is 0.167. The highest BCUT2D eigenvalue weighted by Gasteiger charge is 2.38. The summed E-state index contributed by atoms with van der Waals surface area (Å²) in [6, 6.07) is 8.00. The van der Waals surface area contributed by atoms with Crippen LogP contribution in [0, 0.1) is 5.92 Å². The zero-order valence-corrected chi connectivity index (χ0v) is 11.1. The summed E-state index contributed by atoms with van der Waals surface area (Å²) in [5.74, 6) is 2.26. The van der Waals surface area contributed by atoms with Gasteiger partial charge in [-0.15, -0.1) is 0 Å². The molecule has 102 valence electrons. The lowest BCUT2D eigenvalue weighted by atomic mass is 9.79. The van der Waals surface area contributed by atoms with Crippen molar-refractivity contribution in [1.82, 2.24) is 5.43 Å². The molecule has 2 aromatic rings. The SMILES string of the molecule is C(=C1\CCC[C@H]2C1=NN[C@@H]2c1ccco1)/c1ccco1. The molecule has 0 radical (unpaired) electrons. The van der Waals surface area contributed by atoms with Gasteiger partial charge in [-0.1, -0.05) is 0 Å². The molecule has 0 amide bonds. The fourth-order valence-corrected chi connectivity index (χ4v) is 3.15. The van der Waals surface area contributed by atoms with Gasteiger partial charge in [0.25, 0.3) is 0 Å². The highest BCUT2D eigenvalue weighted by molar-refractivity contribution is 6.06. The Morgan fingerprint density at radius 1 is 1.20 bits per heavy atom. The minimum Gasteiger partial charge on any atom is -0.467 e. The molecule has 4 heteroatoms. The van der Waals surface area contributed by atoms with Crippen LogP contribution in [0.4, 0.5) is 0 Å². The molecular formula is C16H16N2O2. The monoisotopic (exact) mass is 268 g/mol. The highest BCUT2D eigenvalue weighted by atomic mass is 16.3. The van der Waals surface area contributed by atoms with Gasteiger partial charge in [-0.3, -0.25) is 5.43 Å². The average Bonchev–Trinajstić information content (AvgIpc) is 3.20. The second kappa shape index (κ2) is 4.71. The van der Waals surface area contributed by atoms with Gasteiger partial charge in [-0.2, -0.15) is 5.10 Å². The molecule has 0 spiro atoms. The summed E-state index contributed by atoms with van der Waals surface area (Å²) >= 11 is 0. The Kier molecular flexibility index (Phi) is 2.73. The van der Waals surface area contributed by atoms with Crippen LogP contribution in [-0.4, -0.2) is 5.71 Å². The number of furan rings is 2. The number of allylic oxidation sites excluding steroid dienone is 1. The first kappa shape index (κ1) is 11.6. The van der Waals surface area contributed by atoms with Crippen LogP contribution in [0.5, 0.6) is 0 Å². The summed E-state index contributed by atoms with van der Waals surface area (Å²) in [7, 11) is 0. The molecule has 1 aliphatic carbocycles. The van der Waals surface area contributed by atoms with Gasteiger partial charge in [0.1, 0.15) is 17.6 Å². The highest BCUT2D eigenvalue weighted by Crippen LogP contribution is 2.39. The van der Waals surface area contributed by atoms with E-state index in [1.54, 1.807) is 12.5 Å². The molecule has 2 aliphatic rings. The van der Waals surface area contributed by atoms with Crippen molar-refractivity contribution in [3.05, 3.63) is 53.9 Å². The summed E-state index contributed by atoms with van der Waals surface area (Å²) in [5, 5.41) is 4.55. The molecular weight excluding hydrogens is 252 g/mol. The van der Waals surface area contributed by atoms with Gasteiger partial charge in [-0.25, -0.2) is 0 Å². The van der Waals surface area contributed by atoms with E-state index in [-0.39, 0.29) is 6.04 Å². The first-order valence-electron chi connectivity index (χ1n) is 7.03. The van der Waals surface area contributed by atoms with E-state index in [1.165, 1.54) is 12.0 Å². The zero-order valence-electron chi connectivity index (χ0n) is 11.1. The third-order valence-corrected chi connectivity index (χ3v) is 4.08. The summed E-state index contributed by atoms with van der Waals surface area (Å²) in [5.41, 5.74) is 5.67. The first-order valence-corrected chi connectivity index (χ1v) is 7.03. The average molecular weight is 268 g/mol. The lowest BCUT2D eigenvalue weighted by Gasteiger charge is -2.24. The molecule has 2 aromatic heterocycles. The van der Waals surface area contributed by atoms with E-state index in [1.807, 2.05) is 24.3 Å². The van der Waals surface area contributed by atoms with Crippen LogP contribution in [-0.2, 0) is 0 Å². The molecule has 3 heterocycles. The lowest BCUT2D eigenvalue weighted by molar-refractivity contribution is 0.371. The van der Waals surface area contributed by atoms with Crippen molar-refractivity contribution in [3.63, 3.8) is 0 Å². The van der Waals surface area contributed by atoms with Crippen molar-refractivity contribution < 1.29 is 8.83 Å². The number of hydrogen-bond acceptors (Lipinski definition) is 4. The number of nitrogens with zero attached hydrogens (tertiary/aromatic N) is 1. The van der Waals surface area contributed by atoms with Gasteiger partial charge < -0.3 is 8.83 Å². The molecule has 1 N–H and O–H groups in total. The van der Waals surface area contributed by atoms with Crippen molar-refractivity contribution >= 4 is 11.8 Å². The maximum atomic E-state index is 5.53. The molecule has 1 saturated carbocycles. The maximum Gasteiger partial charge on any atom is 0.128 e. The Balaban J connectivity index is 1.63. The standard InChI is InChI=1S/C16H16N2O2/c1-4-11(10-12-5-2-8-19-12)15-13(6-1)16(18-17-15)14-7-3-9-20-14/h2-3,5,7-10,13,16,18H,1,4,6H2/b11-10-/t13-,16-/m0/s1. The van der Waals surface area contributed by atoms with E-state index in [0.717, 1.165) is 30.1 Å². The Bertz CT molecular complexity index is 638. The molecule has 4 rings (SSSR count). The Morgan fingerprint density at radius 2 is 2.10 bits per heavy atom. The largest absolute Gasteiger partial charge is 0.467 e. The molecule has 1 fully saturated rings. The second-order valence-corrected chi connectivity index (χ2v) is 5.30. The molecule has 0 bridgehead atoms. The van der Waals surface area contributed by atoms with E-state index < -0.39 is 0 Å². The fourth-order valence-electron chi connectivity index (χ4n) is 3.15. The predicted molar refractivity (Wildman–Crippen MR) is 76.0 cm³/mol. The quantitative estimate of drug-likeness (QED) is 0.902. The van der Waals surface area contributed by atoms with Crippen LogP contribution < -0.4 is 5.43 Å².